The van der Waals surface area contributed by atoms with Gasteiger partial charge in [0, 0.05) is 51.9 Å². The van der Waals surface area contributed by atoms with Crippen molar-refractivity contribution in [1.82, 2.24) is 14.9 Å². The summed E-state index contributed by atoms with van der Waals surface area (Å²) in [7, 11) is 1.31. The average molecular weight is 676 g/mol. The zero-order chi connectivity index (χ0) is 34.5. The number of esters is 1. The van der Waals surface area contributed by atoms with E-state index < -0.39 is 29.4 Å². The number of hydrogen-bond donors (Lipinski definition) is 0. The molecule has 2 aromatic heterocycles. The largest absolute Gasteiger partial charge is 0.465 e. The van der Waals surface area contributed by atoms with Gasteiger partial charge in [-0.05, 0) is 53.6 Å². The molecule has 0 bridgehead atoms. The number of anilines is 2. The summed E-state index contributed by atoms with van der Waals surface area (Å²) in [4.78, 5) is 51.3. The van der Waals surface area contributed by atoms with Crippen LogP contribution in [-0.4, -0.2) is 78.9 Å². The van der Waals surface area contributed by atoms with E-state index in [1.807, 2.05) is 35.2 Å². The number of oxazole rings is 1. The van der Waals surface area contributed by atoms with Crippen molar-refractivity contribution < 1.29 is 36.7 Å². The molecule has 49 heavy (non-hydrogen) atoms. The molecule has 0 atom stereocenters. The van der Waals surface area contributed by atoms with Gasteiger partial charge in [0.2, 0.25) is 17.5 Å². The summed E-state index contributed by atoms with van der Waals surface area (Å²) < 4.78 is 52.1. The second-order valence-corrected chi connectivity index (χ2v) is 12.2. The summed E-state index contributed by atoms with van der Waals surface area (Å²) in [5.74, 6) is -1.16. The summed E-state index contributed by atoms with van der Waals surface area (Å²) in [5.41, 5.74) is 1.53. The number of carbonyl (C=O) groups excluding carboxylic acids is 3. The Kier molecular flexibility index (Phi) is 9.97. The highest BCUT2D eigenvalue weighted by atomic mass is 19.4. The van der Waals surface area contributed by atoms with Gasteiger partial charge in [0.05, 0.1) is 19.1 Å². The van der Waals surface area contributed by atoms with Gasteiger partial charge in [0.1, 0.15) is 5.82 Å². The van der Waals surface area contributed by atoms with Gasteiger partial charge in [-0.3, -0.25) is 9.59 Å². The van der Waals surface area contributed by atoms with Gasteiger partial charge in [-0.1, -0.05) is 48.5 Å². The number of piperidine rings is 1. The maximum absolute atomic E-state index is 14.0. The molecule has 0 unspecified atom stereocenters. The molecule has 4 aromatic rings. The highest BCUT2D eigenvalue weighted by molar-refractivity contribution is 5.96. The predicted molar refractivity (Wildman–Crippen MR) is 175 cm³/mol. The van der Waals surface area contributed by atoms with Crippen LogP contribution in [0.5, 0.6) is 0 Å². The van der Waals surface area contributed by atoms with Gasteiger partial charge < -0.3 is 23.9 Å². The fourth-order valence-corrected chi connectivity index (χ4v) is 6.28. The minimum absolute atomic E-state index is 0.0299. The van der Waals surface area contributed by atoms with E-state index in [-0.39, 0.29) is 24.8 Å². The van der Waals surface area contributed by atoms with Gasteiger partial charge in [0.15, 0.2) is 5.69 Å². The second-order valence-electron chi connectivity index (χ2n) is 12.2. The number of methoxy groups -OCH3 is 1. The molecule has 0 radical (unpaired) electrons. The first-order valence-electron chi connectivity index (χ1n) is 16.1. The number of ketones is 1. The Bertz CT molecular complexity index is 1760. The molecular formula is C36H36F3N5O5. The lowest BCUT2D eigenvalue weighted by molar-refractivity contribution is -0.141. The normalized spacial score (nSPS) is 15.7. The van der Waals surface area contributed by atoms with Crippen LogP contribution >= 0.6 is 0 Å². The third-order valence-corrected chi connectivity index (χ3v) is 9.03. The Morgan fingerprint density at radius 1 is 0.837 bits per heavy atom. The molecule has 2 aliphatic heterocycles. The van der Waals surface area contributed by atoms with Gasteiger partial charge in [-0.2, -0.15) is 18.2 Å². The third-order valence-electron chi connectivity index (χ3n) is 9.03. The lowest BCUT2D eigenvalue weighted by Gasteiger charge is -2.35. The number of pyridine rings is 1. The van der Waals surface area contributed by atoms with Crippen molar-refractivity contribution in [1.29, 1.82) is 0 Å². The van der Waals surface area contributed by atoms with E-state index in [1.165, 1.54) is 18.9 Å². The van der Waals surface area contributed by atoms with E-state index in [2.05, 4.69) is 9.97 Å². The van der Waals surface area contributed by atoms with Crippen LogP contribution < -0.4 is 9.80 Å². The second kappa shape index (κ2) is 14.5. The minimum Gasteiger partial charge on any atom is -0.465 e. The quantitative estimate of drug-likeness (QED) is 0.166. The standard InChI is InChI=1S/C36H36F3N5O5/c1-48-34(47)28-10-7-24(8-11-28)22-31(46)43-19-17-42(18-20-43)30-12-9-25(23-40-30)21-29(45)32-33(36(37,38)39)41-35(49-32)44-15-13-27(14-16-44)26-5-3-2-4-6-26/h2-12,23,27H,13-22H2,1H3. The maximum Gasteiger partial charge on any atom is 0.437 e. The molecule has 10 nitrogen and oxygen atoms in total. The number of benzene rings is 2. The molecule has 2 aromatic carbocycles. The zero-order valence-corrected chi connectivity index (χ0v) is 27.0. The maximum atomic E-state index is 14.0. The number of carbonyl (C=O) groups is 3. The SMILES string of the molecule is COC(=O)c1ccc(CC(=O)N2CCN(c3ccc(CC(=O)c4oc(N5CCC(c6ccccc6)CC5)nc4C(F)(F)F)cn3)CC2)cc1. The minimum atomic E-state index is -4.85. The Morgan fingerprint density at radius 2 is 1.51 bits per heavy atom. The van der Waals surface area contributed by atoms with Gasteiger partial charge in [-0.25, -0.2) is 9.78 Å². The molecule has 1 amide bonds. The van der Waals surface area contributed by atoms with Crippen LogP contribution in [0.3, 0.4) is 0 Å². The number of amides is 1. The topological polar surface area (TPSA) is 109 Å². The van der Waals surface area contributed by atoms with Crippen LogP contribution in [0.15, 0.2) is 77.3 Å². The van der Waals surface area contributed by atoms with Crippen LogP contribution in [0.2, 0.25) is 0 Å². The van der Waals surface area contributed by atoms with E-state index in [0.717, 1.165) is 18.4 Å². The van der Waals surface area contributed by atoms with E-state index >= 15 is 0 Å². The first kappa shape index (κ1) is 33.7. The highest BCUT2D eigenvalue weighted by Crippen LogP contribution is 2.37. The number of ether oxygens (including phenoxy) is 1. The fourth-order valence-electron chi connectivity index (χ4n) is 6.28. The van der Waals surface area contributed by atoms with E-state index in [9.17, 15) is 27.6 Å². The van der Waals surface area contributed by atoms with Crippen molar-refractivity contribution >= 4 is 29.5 Å². The number of piperazine rings is 1. The smallest absolute Gasteiger partial charge is 0.437 e. The van der Waals surface area contributed by atoms with Gasteiger partial charge in [-0.15, -0.1) is 0 Å². The van der Waals surface area contributed by atoms with Gasteiger partial charge in [0.25, 0.3) is 6.01 Å². The van der Waals surface area contributed by atoms with Crippen molar-refractivity contribution in [3.05, 3.63) is 107 Å². The molecule has 2 aliphatic rings. The molecule has 13 heteroatoms. The third kappa shape index (κ3) is 7.93. The Hall–Kier alpha value is -5.20. The molecular weight excluding hydrogens is 639 g/mol. The lowest BCUT2D eigenvalue weighted by Crippen LogP contribution is -2.49. The average Bonchev–Trinajstić information content (AvgIpc) is 3.60. The Labute approximate surface area is 281 Å². The molecule has 0 spiro atoms. The number of halogens is 3. The molecule has 4 heterocycles. The van der Waals surface area contributed by atoms with Crippen LogP contribution in [0.4, 0.5) is 25.0 Å². The molecule has 2 fully saturated rings. The summed E-state index contributed by atoms with van der Waals surface area (Å²) in [6.07, 6.45) is -2.04. The summed E-state index contributed by atoms with van der Waals surface area (Å²) >= 11 is 0. The van der Waals surface area contributed by atoms with Crippen LogP contribution in [-0.2, 0) is 28.5 Å². The number of aromatic nitrogens is 2. The number of hydrogen-bond acceptors (Lipinski definition) is 9. The number of rotatable bonds is 9. The molecule has 2 saturated heterocycles. The Balaban J connectivity index is 1.03. The van der Waals surface area contributed by atoms with Crippen molar-refractivity contribution in [2.24, 2.45) is 0 Å². The van der Waals surface area contributed by atoms with Crippen molar-refractivity contribution in [3.63, 3.8) is 0 Å². The van der Waals surface area contributed by atoms with Crippen molar-refractivity contribution in [2.75, 3.05) is 56.2 Å². The first-order chi connectivity index (χ1) is 23.6. The number of alkyl halides is 3. The molecule has 256 valence electrons. The van der Waals surface area contributed by atoms with Crippen LogP contribution in [0, 0.1) is 0 Å². The Morgan fingerprint density at radius 3 is 2.12 bits per heavy atom. The predicted octanol–water partition coefficient (Wildman–Crippen LogP) is 5.58. The lowest BCUT2D eigenvalue weighted by atomic mass is 9.90. The molecule has 0 saturated carbocycles. The van der Waals surface area contributed by atoms with E-state index in [4.69, 9.17) is 9.15 Å². The fraction of sp³-hybridized carbons (Fsp3) is 0.361. The summed E-state index contributed by atoms with van der Waals surface area (Å²) in [6.45, 7) is 2.97. The van der Waals surface area contributed by atoms with Gasteiger partial charge >= 0.3 is 12.1 Å². The molecule has 0 aliphatic carbocycles. The highest BCUT2D eigenvalue weighted by Gasteiger charge is 2.42. The van der Waals surface area contributed by atoms with Crippen molar-refractivity contribution in [3.8, 4) is 0 Å². The number of nitrogens with zero attached hydrogens (tertiary/aromatic N) is 5. The summed E-state index contributed by atoms with van der Waals surface area (Å²) in [6, 6.07) is 19.9. The van der Waals surface area contributed by atoms with E-state index in [0.29, 0.717) is 62.1 Å². The zero-order valence-electron chi connectivity index (χ0n) is 27.0. The molecule has 0 N–H and O–H groups in total. The van der Waals surface area contributed by atoms with E-state index in [1.54, 1.807) is 46.2 Å². The van der Waals surface area contributed by atoms with Crippen LogP contribution in [0.1, 0.15) is 62.1 Å². The number of Topliss-reactive ketones (excluding diaryl/α,β-unsaturated/α-hetero) is 1. The first-order valence-corrected chi connectivity index (χ1v) is 16.1. The summed E-state index contributed by atoms with van der Waals surface area (Å²) in [5, 5.41) is 0. The molecule has 6 rings (SSSR count). The van der Waals surface area contributed by atoms with Crippen molar-refractivity contribution in [2.45, 2.75) is 37.8 Å². The van der Waals surface area contributed by atoms with Crippen LogP contribution in [0.25, 0.3) is 0 Å². The monoisotopic (exact) mass is 675 g/mol.